The molecule has 0 aromatic carbocycles. The molecule has 0 spiro atoms. The molecule has 1 aromatic rings. The van der Waals surface area contributed by atoms with E-state index in [0.29, 0.717) is 23.5 Å². The predicted octanol–water partition coefficient (Wildman–Crippen LogP) is 3.48. The fourth-order valence-corrected chi connectivity index (χ4v) is 3.83. The number of aliphatic carboxylic acids is 1. The van der Waals surface area contributed by atoms with Crippen molar-refractivity contribution in [3.63, 3.8) is 0 Å². The fourth-order valence-electron chi connectivity index (χ4n) is 3.30. The average molecular weight is 427 g/mol. The van der Waals surface area contributed by atoms with E-state index in [0.717, 1.165) is 48.8 Å². The van der Waals surface area contributed by atoms with Gasteiger partial charge < -0.3 is 14.6 Å². The number of likely N-dealkylation sites (N-methyl/N-ethyl adjacent to an activating group) is 1. The van der Waals surface area contributed by atoms with Crippen LogP contribution in [-0.4, -0.2) is 63.2 Å². The summed E-state index contributed by atoms with van der Waals surface area (Å²) >= 11 is 1.14. The Morgan fingerprint density at radius 1 is 1.28 bits per heavy atom. The van der Waals surface area contributed by atoms with Gasteiger partial charge in [-0.1, -0.05) is 32.3 Å². The maximum Gasteiger partial charge on any atom is 0.310 e. The summed E-state index contributed by atoms with van der Waals surface area (Å²) in [7, 11) is 2.03. The number of unbranched alkanes of at least 4 members (excludes halogenated alkanes) is 3. The second-order valence-corrected chi connectivity index (χ2v) is 8.22. The van der Waals surface area contributed by atoms with Gasteiger partial charge in [0.1, 0.15) is 12.2 Å². The smallest absolute Gasteiger partial charge is 0.310 e. The number of carboxylic acid groups (broad SMARTS) is 1. The molecule has 0 radical (unpaired) electrons. The molecule has 0 bridgehead atoms. The molecule has 2 atom stereocenters. The van der Waals surface area contributed by atoms with Crippen LogP contribution < -0.4 is 4.74 Å². The number of nitrogens with zero attached hydrogens (tertiary/aromatic N) is 3. The van der Waals surface area contributed by atoms with E-state index in [9.17, 15) is 9.59 Å². The summed E-state index contributed by atoms with van der Waals surface area (Å²) in [5, 5.41) is 8.72. The first-order valence-corrected chi connectivity index (χ1v) is 11.0. The Morgan fingerprint density at radius 2 is 2.07 bits per heavy atom. The number of carbonyl (C=O) groups excluding carboxylic acids is 1. The van der Waals surface area contributed by atoms with Crippen LogP contribution in [0.1, 0.15) is 64.5 Å². The van der Waals surface area contributed by atoms with Crippen molar-refractivity contribution in [1.29, 1.82) is 0 Å². The lowest BCUT2D eigenvalue weighted by Crippen LogP contribution is -2.55. The zero-order valence-corrected chi connectivity index (χ0v) is 18.4. The second kappa shape index (κ2) is 11.3. The van der Waals surface area contributed by atoms with Gasteiger partial charge >= 0.3 is 11.9 Å². The number of carbonyl (C=O) groups is 2. The van der Waals surface area contributed by atoms with Crippen LogP contribution in [0.2, 0.25) is 0 Å². The van der Waals surface area contributed by atoms with Crippen molar-refractivity contribution >= 4 is 29.2 Å². The Bertz CT molecular complexity index is 721. The van der Waals surface area contributed by atoms with Gasteiger partial charge in [0.15, 0.2) is 0 Å². The number of aromatic nitrogens is 2. The Hall–Kier alpha value is -2.00. The van der Waals surface area contributed by atoms with E-state index in [1.165, 1.54) is 12.8 Å². The highest BCUT2D eigenvalue weighted by atomic mass is 32.1. The summed E-state index contributed by atoms with van der Waals surface area (Å²) < 4.78 is 20.7. The van der Waals surface area contributed by atoms with Crippen molar-refractivity contribution in [2.45, 2.75) is 65.0 Å². The molecule has 162 valence electrons. The summed E-state index contributed by atoms with van der Waals surface area (Å²) in [6.07, 6.45) is 6.80. The number of quaternary nitrogens is 1. The zero-order chi connectivity index (χ0) is 21.3. The Kier molecular flexibility index (Phi) is 9.03. The molecule has 2 rings (SSSR count). The Labute approximate surface area is 176 Å². The van der Waals surface area contributed by atoms with Crippen molar-refractivity contribution in [3.8, 4) is 5.88 Å². The minimum Gasteiger partial charge on any atom is -0.481 e. The van der Waals surface area contributed by atoms with Crippen LogP contribution in [-0.2, 0) is 14.3 Å². The van der Waals surface area contributed by atoms with Gasteiger partial charge in [0, 0.05) is 18.9 Å². The van der Waals surface area contributed by atoms with Gasteiger partial charge in [-0.15, -0.1) is 4.37 Å². The van der Waals surface area contributed by atoms with Crippen LogP contribution in [0.15, 0.2) is 6.08 Å². The van der Waals surface area contributed by atoms with Crippen LogP contribution in [0.25, 0.3) is 5.57 Å². The average Bonchev–Trinajstić information content (AvgIpc) is 3.15. The van der Waals surface area contributed by atoms with Gasteiger partial charge in [-0.05, 0) is 6.42 Å². The highest BCUT2D eigenvalue weighted by molar-refractivity contribution is 6.99. The zero-order valence-electron chi connectivity index (χ0n) is 17.6. The van der Waals surface area contributed by atoms with E-state index in [-0.39, 0.29) is 19.1 Å². The molecule has 1 aromatic heterocycles. The van der Waals surface area contributed by atoms with E-state index >= 15 is 0 Å². The lowest BCUT2D eigenvalue weighted by Gasteiger charge is -2.41. The lowest BCUT2D eigenvalue weighted by molar-refractivity contribution is -0.944. The quantitative estimate of drug-likeness (QED) is 0.310. The van der Waals surface area contributed by atoms with Gasteiger partial charge in [-0.2, -0.15) is 4.37 Å². The molecular weight excluding hydrogens is 394 g/mol. The molecule has 2 heterocycles. The van der Waals surface area contributed by atoms with Crippen molar-refractivity contribution in [2.75, 3.05) is 26.7 Å². The van der Waals surface area contributed by atoms with Crippen LogP contribution >= 0.6 is 11.7 Å². The van der Waals surface area contributed by atoms with Gasteiger partial charge in [0.05, 0.1) is 44.8 Å². The van der Waals surface area contributed by atoms with Crippen LogP contribution in [0.4, 0.5) is 0 Å². The minimum atomic E-state index is -1.00. The second-order valence-electron chi connectivity index (χ2n) is 7.69. The molecule has 0 amide bonds. The van der Waals surface area contributed by atoms with Crippen LogP contribution in [0.5, 0.6) is 5.88 Å². The highest BCUT2D eigenvalue weighted by Crippen LogP contribution is 2.31. The topological polar surface area (TPSA) is 98.6 Å². The summed E-state index contributed by atoms with van der Waals surface area (Å²) in [4.78, 5) is 22.6. The first-order valence-electron chi connectivity index (χ1n) is 10.3. The van der Waals surface area contributed by atoms with Crippen molar-refractivity contribution < 1.29 is 28.7 Å². The maximum atomic E-state index is 11.9. The molecule has 1 N–H and O–H groups in total. The number of hydrogen-bond acceptors (Lipinski definition) is 7. The maximum absolute atomic E-state index is 11.9. The first-order chi connectivity index (χ1) is 13.9. The SMILES string of the molecule is CCCCCCOc1nsnc1C1=CCC[N+](C)(C(C)OC(=O)CCC(=O)O)C1. The van der Waals surface area contributed by atoms with Gasteiger partial charge in [-0.25, -0.2) is 0 Å². The third-order valence-corrected chi connectivity index (χ3v) is 5.80. The molecule has 0 saturated carbocycles. The number of hydrogen-bond donors (Lipinski definition) is 1. The van der Waals surface area contributed by atoms with Crippen molar-refractivity contribution in [1.82, 2.24) is 8.75 Å². The molecular formula is C20H32N3O5S+. The van der Waals surface area contributed by atoms with Gasteiger partial charge in [0.2, 0.25) is 6.23 Å². The summed E-state index contributed by atoms with van der Waals surface area (Å²) in [6.45, 7) is 6.13. The molecule has 0 aliphatic carbocycles. The molecule has 1 aliphatic heterocycles. The van der Waals surface area contributed by atoms with Crippen molar-refractivity contribution in [3.05, 3.63) is 11.8 Å². The molecule has 8 nitrogen and oxygen atoms in total. The molecule has 0 fully saturated rings. The molecule has 29 heavy (non-hydrogen) atoms. The summed E-state index contributed by atoms with van der Waals surface area (Å²) in [5.41, 5.74) is 1.82. The number of carboxylic acids is 1. The van der Waals surface area contributed by atoms with Gasteiger partial charge in [-0.3, -0.25) is 14.1 Å². The predicted molar refractivity (Wildman–Crippen MR) is 110 cm³/mol. The third-order valence-electron chi connectivity index (χ3n) is 5.28. The summed E-state index contributed by atoms with van der Waals surface area (Å²) in [5.74, 6) is -0.907. The van der Waals surface area contributed by atoms with E-state index < -0.39 is 11.9 Å². The number of esters is 1. The molecule has 1 aliphatic rings. The van der Waals surface area contributed by atoms with E-state index in [4.69, 9.17) is 14.6 Å². The Balaban J connectivity index is 1.96. The normalized spacial score (nSPS) is 20.0. The van der Waals surface area contributed by atoms with Crippen LogP contribution in [0.3, 0.4) is 0 Å². The molecule has 2 unspecified atom stereocenters. The highest BCUT2D eigenvalue weighted by Gasteiger charge is 2.36. The monoisotopic (exact) mass is 426 g/mol. The van der Waals surface area contributed by atoms with E-state index in [1.807, 2.05) is 14.0 Å². The fraction of sp³-hybridized carbons (Fsp3) is 0.700. The third kappa shape index (κ3) is 7.08. The van der Waals surface area contributed by atoms with E-state index in [2.05, 4.69) is 21.7 Å². The largest absolute Gasteiger partial charge is 0.481 e. The van der Waals surface area contributed by atoms with Gasteiger partial charge in [0.25, 0.3) is 5.88 Å². The van der Waals surface area contributed by atoms with Crippen molar-refractivity contribution in [2.24, 2.45) is 0 Å². The van der Waals surface area contributed by atoms with Crippen LogP contribution in [0, 0.1) is 0 Å². The minimum absolute atomic E-state index is 0.117. The van der Waals surface area contributed by atoms with E-state index in [1.54, 1.807) is 0 Å². The number of rotatable bonds is 12. The number of ether oxygens (including phenoxy) is 2. The lowest BCUT2D eigenvalue weighted by atomic mass is 10.0. The molecule has 0 saturated heterocycles. The Morgan fingerprint density at radius 3 is 2.79 bits per heavy atom. The first kappa shape index (κ1) is 23.3. The summed E-state index contributed by atoms with van der Waals surface area (Å²) in [6, 6.07) is 0. The standard InChI is InChI=1S/C20H31N3O5S/c1-4-5-6-7-13-27-20-19(21-29-22-20)16-9-8-12-23(3,14-16)15(2)28-18(26)11-10-17(24)25/h9,15H,4-8,10-14H2,1-3H3/p+1. The molecule has 9 heteroatoms.